The largest absolute Gasteiger partial charge is 0.495 e. The van der Waals surface area contributed by atoms with Gasteiger partial charge in [-0.3, -0.25) is 14.5 Å². The van der Waals surface area contributed by atoms with E-state index < -0.39 is 0 Å². The molecule has 140 valence electrons. The summed E-state index contributed by atoms with van der Waals surface area (Å²) >= 11 is 0. The monoisotopic (exact) mass is 364 g/mol. The molecule has 0 atom stereocenters. The van der Waals surface area contributed by atoms with Crippen LogP contribution in [-0.4, -0.2) is 29.9 Å². The van der Waals surface area contributed by atoms with Crippen LogP contribution in [0.25, 0.3) is 5.57 Å². The minimum atomic E-state index is -0.323. The molecule has 0 bridgehead atoms. The first-order chi connectivity index (χ1) is 12.8. The Morgan fingerprint density at radius 1 is 1.00 bits per heavy atom. The first kappa shape index (κ1) is 18.7. The van der Waals surface area contributed by atoms with Crippen LogP contribution in [0.1, 0.15) is 30.5 Å². The van der Waals surface area contributed by atoms with E-state index in [4.69, 9.17) is 4.74 Å². The zero-order chi connectivity index (χ0) is 19.7. The van der Waals surface area contributed by atoms with Gasteiger partial charge >= 0.3 is 0 Å². The maximum absolute atomic E-state index is 13.1. The topological polar surface area (TPSA) is 58.6 Å². The van der Waals surface area contributed by atoms with E-state index in [0.717, 1.165) is 16.7 Å². The Hall–Kier alpha value is -3.08. The van der Waals surface area contributed by atoms with E-state index in [1.54, 1.807) is 13.2 Å². The number of rotatable bonds is 5. The van der Waals surface area contributed by atoms with Gasteiger partial charge in [0, 0.05) is 6.04 Å². The van der Waals surface area contributed by atoms with Gasteiger partial charge in [-0.25, -0.2) is 0 Å². The summed E-state index contributed by atoms with van der Waals surface area (Å²) in [5.74, 6) is 0.00320. The molecule has 2 amide bonds. The van der Waals surface area contributed by atoms with Gasteiger partial charge in [0.05, 0.1) is 18.4 Å². The van der Waals surface area contributed by atoms with Gasteiger partial charge < -0.3 is 10.1 Å². The average molecular weight is 364 g/mol. The third kappa shape index (κ3) is 3.33. The number of benzene rings is 2. The van der Waals surface area contributed by atoms with Gasteiger partial charge in [0.25, 0.3) is 11.8 Å². The van der Waals surface area contributed by atoms with Crippen LogP contribution in [0.3, 0.4) is 0 Å². The Morgan fingerprint density at radius 3 is 2.33 bits per heavy atom. The van der Waals surface area contributed by atoms with Crippen molar-refractivity contribution < 1.29 is 14.3 Å². The third-order valence-electron chi connectivity index (χ3n) is 4.65. The number of ether oxygens (including phenoxy) is 1. The fraction of sp³-hybridized carbons (Fsp3) is 0.273. The van der Waals surface area contributed by atoms with Crippen LogP contribution >= 0.6 is 0 Å². The quantitative estimate of drug-likeness (QED) is 0.817. The molecule has 0 spiro atoms. The number of amides is 2. The zero-order valence-corrected chi connectivity index (χ0v) is 16.3. The van der Waals surface area contributed by atoms with E-state index in [1.165, 1.54) is 4.90 Å². The number of nitrogens with one attached hydrogen (secondary N) is 1. The third-order valence-corrected chi connectivity index (χ3v) is 4.65. The minimum absolute atomic E-state index is 0.234. The molecular weight excluding hydrogens is 340 g/mol. The molecule has 2 aromatic rings. The van der Waals surface area contributed by atoms with Gasteiger partial charge in [-0.1, -0.05) is 35.9 Å². The summed E-state index contributed by atoms with van der Waals surface area (Å²) in [6.45, 7) is 7.62. The van der Waals surface area contributed by atoms with Crippen LogP contribution in [0.2, 0.25) is 0 Å². The van der Waals surface area contributed by atoms with E-state index >= 15 is 0 Å². The average Bonchev–Trinajstić information content (AvgIpc) is 2.86. The Bertz CT molecular complexity index is 944. The number of methoxy groups -OCH3 is 1. The van der Waals surface area contributed by atoms with Crippen LogP contribution in [0.15, 0.2) is 48.2 Å². The summed E-state index contributed by atoms with van der Waals surface area (Å²) in [5, 5.41) is 3.16. The number of anilines is 1. The van der Waals surface area contributed by atoms with Crippen LogP contribution in [0, 0.1) is 13.8 Å². The number of carbonyl (C=O) groups excluding carboxylic acids is 2. The molecule has 1 aliphatic heterocycles. The van der Waals surface area contributed by atoms with Crippen molar-refractivity contribution in [3.63, 3.8) is 0 Å². The molecule has 0 aliphatic carbocycles. The molecule has 1 aliphatic rings. The van der Waals surface area contributed by atoms with Gasteiger partial charge in [0.1, 0.15) is 11.4 Å². The number of para-hydroxylation sites is 2. The molecule has 5 nitrogen and oxygen atoms in total. The molecule has 0 aromatic heterocycles. The molecule has 5 heteroatoms. The van der Waals surface area contributed by atoms with Gasteiger partial charge in [-0.2, -0.15) is 0 Å². The Kier molecular flexibility index (Phi) is 5.04. The van der Waals surface area contributed by atoms with Crippen molar-refractivity contribution in [1.29, 1.82) is 0 Å². The van der Waals surface area contributed by atoms with E-state index in [2.05, 4.69) is 5.32 Å². The zero-order valence-electron chi connectivity index (χ0n) is 16.3. The summed E-state index contributed by atoms with van der Waals surface area (Å²) in [4.78, 5) is 27.5. The molecule has 0 radical (unpaired) electrons. The highest BCUT2D eigenvalue weighted by molar-refractivity contribution is 6.37. The predicted molar refractivity (Wildman–Crippen MR) is 106 cm³/mol. The summed E-state index contributed by atoms with van der Waals surface area (Å²) in [7, 11) is 1.57. The van der Waals surface area contributed by atoms with Crippen molar-refractivity contribution in [3.8, 4) is 5.75 Å². The predicted octanol–water partition coefficient (Wildman–Crippen LogP) is 3.91. The SMILES string of the molecule is COc1ccccc1NC1=C(c2ccc(C)cc2C)C(=O)N(C(C)C)C1=O. The van der Waals surface area contributed by atoms with Crippen LogP contribution in [-0.2, 0) is 9.59 Å². The Balaban J connectivity index is 2.17. The summed E-state index contributed by atoms with van der Waals surface area (Å²) in [6, 6.07) is 13.0. The maximum atomic E-state index is 13.1. The molecule has 1 N–H and O–H groups in total. The number of hydrogen-bond acceptors (Lipinski definition) is 4. The van der Waals surface area contributed by atoms with Crippen LogP contribution in [0.5, 0.6) is 5.75 Å². The molecule has 1 heterocycles. The molecule has 0 fully saturated rings. The van der Waals surface area contributed by atoms with Gasteiger partial charge in [-0.05, 0) is 51.0 Å². The summed E-state index contributed by atoms with van der Waals surface area (Å²) < 4.78 is 5.38. The van der Waals surface area contributed by atoms with Gasteiger partial charge in [-0.15, -0.1) is 0 Å². The molecule has 0 unspecified atom stereocenters. The maximum Gasteiger partial charge on any atom is 0.278 e. The number of aryl methyl sites for hydroxylation is 2. The fourth-order valence-corrected chi connectivity index (χ4v) is 3.36. The first-order valence-corrected chi connectivity index (χ1v) is 8.95. The number of hydrogen-bond donors (Lipinski definition) is 1. The second kappa shape index (κ2) is 7.27. The van der Waals surface area contributed by atoms with Crippen molar-refractivity contribution >= 4 is 23.1 Å². The number of carbonyl (C=O) groups is 2. The normalized spacial score (nSPS) is 14.4. The molecule has 27 heavy (non-hydrogen) atoms. The van der Waals surface area contributed by atoms with Crippen molar-refractivity contribution in [2.45, 2.75) is 33.7 Å². The minimum Gasteiger partial charge on any atom is -0.495 e. The lowest BCUT2D eigenvalue weighted by atomic mass is 9.97. The lowest BCUT2D eigenvalue weighted by molar-refractivity contribution is -0.138. The van der Waals surface area contributed by atoms with E-state index in [-0.39, 0.29) is 23.6 Å². The van der Waals surface area contributed by atoms with E-state index in [0.29, 0.717) is 17.0 Å². The van der Waals surface area contributed by atoms with Gasteiger partial charge in [0.15, 0.2) is 0 Å². The van der Waals surface area contributed by atoms with E-state index in [1.807, 2.05) is 64.1 Å². The van der Waals surface area contributed by atoms with Crippen LogP contribution in [0.4, 0.5) is 5.69 Å². The van der Waals surface area contributed by atoms with E-state index in [9.17, 15) is 9.59 Å². The molecular formula is C22H24N2O3. The molecule has 2 aromatic carbocycles. The van der Waals surface area contributed by atoms with Crippen LogP contribution < -0.4 is 10.1 Å². The number of nitrogens with zero attached hydrogens (tertiary/aromatic N) is 1. The molecule has 0 saturated heterocycles. The second-order valence-corrected chi connectivity index (χ2v) is 6.97. The highest BCUT2D eigenvalue weighted by atomic mass is 16.5. The highest BCUT2D eigenvalue weighted by Crippen LogP contribution is 2.35. The fourth-order valence-electron chi connectivity index (χ4n) is 3.36. The highest BCUT2D eigenvalue weighted by Gasteiger charge is 2.41. The number of imide groups is 1. The van der Waals surface area contributed by atoms with Crippen molar-refractivity contribution in [2.24, 2.45) is 0 Å². The lowest BCUT2D eigenvalue weighted by Gasteiger charge is -2.19. The lowest BCUT2D eigenvalue weighted by Crippen LogP contribution is -2.38. The van der Waals surface area contributed by atoms with Gasteiger partial charge in [0.2, 0.25) is 0 Å². The Labute approximate surface area is 159 Å². The Morgan fingerprint density at radius 2 is 1.70 bits per heavy atom. The smallest absolute Gasteiger partial charge is 0.278 e. The summed E-state index contributed by atoms with van der Waals surface area (Å²) in [5.41, 5.74) is 4.15. The standard InChI is InChI=1S/C22H24N2O3/c1-13(2)24-21(25)19(16-11-10-14(3)12-15(16)4)20(22(24)26)23-17-8-6-7-9-18(17)27-5/h6-13,23H,1-5H3. The second-order valence-electron chi connectivity index (χ2n) is 6.97. The molecule has 3 rings (SSSR count). The van der Waals surface area contributed by atoms with Crippen molar-refractivity contribution in [1.82, 2.24) is 4.90 Å². The van der Waals surface area contributed by atoms with Crippen molar-refractivity contribution in [3.05, 3.63) is 64.9 Å². The summed E-state index contributed by atoms with van der Waals surface area (Å²) in [6.07, 6.45) is 0. The van der Waals surface area contributed by atoms with Crippen molar-refractivity contribution in [2.75, 3.05) is 12.4 Å². The first-order valence-electron chi connectivity index (χ1n) is 8.95. The molecule has 0 saturated carbocycles.